The Bertz CT molecular complexity index is 171. The number of likely N-dealkylation sites (N-methyl/N-ethyl adjacent to an activating group) is 2. The van der Waals surface area contributed by atoms with Crippen LogP contribution in [0.1, 0.15) is 6.42 Å². The van der Waals surface area contributed by atoms with Crippen molar-refractivity contribution in [3.05, 3.63) is 0 Å². The molecular formula is C10H22F3N3. The van der Waals surface area contributed by atoms with Gasteiger partial charge in [0.05, 0.1) is 6.42 Å². The molecule has 0 amide bonds. The maximum atomic E-state index is 11.9. The van der Waals surface area contributed by atoms with Gasteiger partial charge in [0, 0.05) is 32.7 Å². The van der Waals surface area contributed by atoms with Crippen LogP contribution in [0.2, 0.25) is 0 Å². The molecule has 6 heteroatoms. The summed E-state index contributed by atoms with van der Waals surface area (Å²) in [6.45, 7) is 3.23. The predicted octanol–water partition coefficient (Wildman–Crippen LogP) is 1.02. The molecule has 0 radical (unpaired) electrons. The van der Waals surface area contributed by atoms with E-state index in [1.807, 2.05) is 14.1 Å². The van der Waals surface area contributed by atoms with Crippen LogP contribution in [-0.2, 0) is 0 Å². The summed E-state index contributed by atoms with van der Waals surface area (Å²) < 4.78 is 35.7. The van der Waals surface area contributed by atoms with E-state index >= 15 is 0 Å². The topological polar surface area (TPSA) is 18.5 Å². The summed E-state index contributed by atoms with van der Waals surface area (Å²) in [6.07, 6.45) is -4.78. The van der Waals surface area contributed by atoms with Gasteiger partial charge in [-0.2, -0.15) is 13.2 Å². The van der Waals surface area contributed by atoms with Gasteiger partial charge in [0.1, 0.15) is 0 Å². The monoisotopic (exact) mass is 241 g/mol. The van der Waals surface area contributed by atoms with Crippen LogP contribution in [0.5, 0.6) is 0 Å². The third-order valence-electron chi connectivity index (χ3n) is 2.18. The highest BCUT2D eigenvalue weighted by Crippen LogP contribution is 2.19. The van der Waals surface area contributed by atoms with E-state index in [9.17, 15) is 13.2 Å². The average molecular weight is 241 g/mol. The lowest BCUT2D eigenvalue weighted by molar-refractivity contribution is -0.137. The van der Waals surface area contributed by atoms with Gasteiger partial charge in [0.2, 0.25) is 0 Å². The lowest BCUT2D eigenvalue weighted by atomic mass is 10.4. The summed E-state index contributed by atoms with van der Waals surface area (Å²) in [5, 5.41) is 3.18. The van der Waals surface area contributed by atoms with E-state index in [4.69, 9.17) is 0 Å². The molecule has 1 N–H and O–H groups in total. The zero-order valence-electron chi connectivity index (χ0n) is 10.3. The summed E-state index contributed by atoms with van der Waals surface area (Å²) in [7, 11) is 5.67. The maximum Gasteiger partial charge on any atom is 0.390 e. The van der Waals surface area contributed by atoms with E-state index in [1.54, 1.807) is 11.9 Å². The second-order valence-corrected chi connectivity index (χ2v) is 4.22. The van der Waals surface area contributed by atoms with Gasteiger partial charge in [0.15, 0.2) is 0 Å². The fourth-order valence-corrected chi connectivity index (χ4v) is 1.13. The Balaban J connectivity index is 3.34. The highest BCUT2D eigenvalue weighted by Gasteiger charge is 2.26. The van der Waals surface area contributed by atoms with Crippen LogP contribution in [0.25, 0.3) is 0 Å². The van der Waals surface area contributed by atoms with Crippen molar-refractivity contribution in [1.29, 1.82) is 0 Å². The van der Waals surface area contributed by atoms with Gasteiger partial charge in [-0.1, -0.05) is 0 Å². The van der Waals surface area contributed by atoms with Crippen molar-refractivity contribution in [3.8, 4) is 0 Å². The third kappa shape index (κ3) is 11.7. The molecule has 3 nitrogen and oxygen atoms in total. The SMILES string of the molecule is CN(C)CCNCCN(C)CCC(F)(F)F. The van der Waals surface area contributed by atoms with Crippen molar-refractivity contribution in [2.75, 3.05) is 53.9 Å². The van der Waals surface area contributed by atoms with E-state index in [1.165, 1.54) is 0 Å². The van der Waals surface area contributed by atoms with Crippen LogP contribution in [0.15, 0.2) is 0 Å². The Morgan fingerprint density at radius 2 is 1.50 bits per heavy atom. The van der Waals surface area contributed by atoms with E-state index < -0.39 is 12.6 Å². The molecule has 0 aromatic carbocycles. The van der Waals surface area contributed by atoms with Crippen LogP contribution >= 0.6 is 0 Å². The Hall–Kier alpha value is -0.330. The summed E-state index contributed by atoms with van der Waals surface area (Å²) >= 11 is 0. The van der Waals surface area contributed by atoms with Gasteiger partial charge in [-0.25, -0.2) is 0 Å². The predicted molar refractivity (Wildman–Crippen MR) is 59.6 cm³/mol. The Labute approximate surface area is 95.6 Å². The molecule has 0 saturated carbocycles. The quantitative estimate of drug-likeness (QED) is 0.640. The minimum absolute atomic E-state index is 0.0683. The molecule has 0 aliphatic carbocycles. The fourth-order valence-electron chi connectivity index (χ4n) is 1.13. The molecule has 16 heavy (non-hydrogen) atoms. The summed E-state index contributed by atoms with van der Waals surface area (Å²) in [6, 6.07) is 0. The fraction of sp³-hybridized carbons (Fsp3) is 1.00. The van der Waals surface area contributed by atoms with E-state index in [-0.39, 0.29) is 6.54 Å². The van der Waals surface area contributed by atoms with Crippen molar-refractivity contribution < 1.29 is 13.2 Å². The van der Waals surface area contributed by atoms with E-state index in [0.717, 1.165) is 19.6 Å². The molecule has 0 saturated heterocycles. The molecule has 0 unspecified atom stereocenters. The van der Waals surface area contributed by atoms with Crippen LogP contribution in [0.4, 0.5) is 13.2 Å². The van der Waals surface area contributed by atoms with Crippen molar-refractivity contribution in [1.82, 2.24) is 15.1 Å². The molecular weight excluding hydrogens is 219 g/mol. The first kappa shape index (κ1) is 15.7. The Morgan fingerprint density at radius 1 is 0.938 bits per heavy atom. The van der Waals surface area contributed by atoms with Crippen molar-refractivity contribution in [2.45, 2.75) is 12.6 Å². The molecule has 0 bridgehead atoms. The second-order valence-electron chi connectivity index (χ2n) is 4.22. The van der Waals surface area contributed by atoms with Crippen LogP contribution < -0.4 is 5.32 Å². The van der Waals surface area contributed by atoms with Gasteiger partial charge in [0.25, 0.3) is 0 Å². The van der Waals surface area contributed by atoms with Gasteiger partial charge in [-0.15, -0.1) is 0 Å². The third-order valence-corrected chi connectivity index (χ3v) is 2.18. The van der Waals surface area contributed by atoms with Crippen LogP contribution in [0, 0.1) is 0 Å². The first-order valence-electron chi connectivity index (χ1n) is 5.42. The first-order chi connectivity index (χ1) is 7.31. The van der Waals surface area contributed by atoms with Crippen molar-refractivity contribution in [2.24, 2.45) is 0 Å². The van der Waals surface area contributed by atoms with E-state index in [2.05, 4.69) is 10.2 Å². The largest absolute Gasteiger partial charge is 0.390 e. The van der Waals surface area contributed by atoms with Gasteiger partial charge in [-0.3, -0.25) is 0 Å². The number of hydrogen-bond donors (Lipinski definition) is 1. The van der Waals surface area contributed by atoms with Crippen LogP contribution in [0.3, 0.4) is 0 Å². The molecule has 0 rings (SSSR count). The maximum absolute atomic E-state index is 11.9. The molecule has 98 valence electrons. The van der Waals surface area contributed by atoms with E-state index in [0.29, 0.717) is 6.54 Å². The number of rotatable bonds is 8. The average Bonchev–Trinajstić information content (AvgIpc) is 2.12. The lowest BCUT2D eigenvalue weighted by Gasteiger charge is -2.18. The number of alkyl halides is 3. The second kappa shape index (κ2) is 7.86. The normalized spacial score (nSPS) is 12.8. The smallest absolute Gasteiger partial charge is 0.314 e. The lowest BCUT2D eigenvalue weighted by Crippen LogP contribution is -2.34. The molecule has 0 atom stereocenters. The molecule has 0 aromatic heterocycles. The highest BCUT2D eigenvalue weighted by atomic mass is 19.4. The molecule has 0 aromatic rings. The molecule has 0 spiro atoms. The minimum atomic E-state index is -4.05. The standard InChI is InChI=1S/C10H22F3N3/c1-15(2)8-5-14-6-9-16(3)7-4-10(11,12)13/h14H,4-9H2,1-3H3. The van der Waals surface area contributed by atoms with Crippen molar-refractivity contribution in [3.63, 3.8) is 0 Å². The highest BCUT2D eigenvalue weighted by molar-refractivity contribution is 4.59. The Kier molecular flexibility index (Phi) is 7.70. The molecule has 0 fully saturated rings. The molecule has 0 heterocycles. The Morgan fingerprint density at radius 3 is 2.00 bits per heavy atom. The molecule has 0 aliphatic heterocycles. The summed E-state index contributed by atoms with van der Waals surface area (Å²) in [5.41, 5.74) is 0. The number of halogens is 3. The summed E-state index contributed by atoms with van der Waals surface area (Å²) in [4.78, 5) is 3.75. The van der Waals surface area contributed by atoms with Gasteiger partial charge in [-0.05, 0) is 21.1 Å². The zero-order valence-corrected chi connectivity index (χ0v) is 10.3. The number of hydrogen-bond acceptors (Lipinski definition) is 3. The van der Waals surface area contributed by atoms with Gasteiger partial charge < -0.3 is 15.1 Å². The zero-order chi connectivity index (χ0) is 12.6. The minimum Gasteiger partial charge on any atom is -0.314 e. The van der Waals surface area contributed by atoms with Gasteiger partial charge >= 0.3 is 6.18 Å². The summed E-state index contributed by atoms with van der Waals surface area (Å²) in [5.74, 6) is 0. The van der Waals surface area contributed by atoms with Crippen LogP contribution in [-0.4, -0.2) is 69.8 Å². The number of nitrogens with one attached hydrogen (secondary N) is 1. The first-order valence-corrected chi connectivity index (χ1v) is 5.42. The molecule has 0 aliphatic rings. The number of nitrogens with zero attached hydrogens (tertiary/aromatic N) is 2. The van der Waals surface area contributed by atoms with Crippen molar-refractivity contribution >= 4 is 0 Å².